The molecule has 1 amide bonds. The Morgan fingerprint density at radius 2 is 1.75 bits per heavy atom. The lowest BCUT2D eigenvalue weighted by Crippen LogP contribution is -2.23. The number of thioether (sulfide) groups is 1. The summed E-state index contributed by atoms with van der Waals surface area (Å²) < 4.78 is 53.1. The van der Waals surface area contributed by atoms with E-state index in [0.717, 1.165) is 34.8 Å². The first-order valence-electron chi connectivity index (χ1n) is 11.7. The predicted molar refractivity (Wildman–Crippen MR) is 145 cm³/mol. The van der Waals surface area contributed by atoms with Crippen LogP contribution in [0.2, 0.25) is 0 Å². The van der Waals surface area contributed by atoms with Crippen LogP contribution in [0.25, 0.3) is 27.6 Å². The van der Waals surface area contributed by atoms with Crippen LogP contribution in [-0.2, 0) is 4.79 Å². The molecule has 0 saturated carbocycles. The second-order valence-electron chi connectivity index (χ2n) is 8.38. The minimum atomic E-state index is -4.82. The topological polar surface area (TPSA) is 107 Å². The summed E-state index contributed by atoms with van der Waals surface area (Å²) in [6.07, 6.45) is -4.82. The Bertz CT molecular complexity index is 1770. The molecule has 9 nitrogen and oxygen atoms in total. The maximum atomic E-state index is 13.8. The van der Waals surface area contributed by atoms with Gasteiger partial charge >= 0.3 is 6.36 Å². The van der Waals surface area contributed by atoms with E-state index in [1.165, 1.54) is 30.9 Å². The van der Waals surface area contributed by atoms with Crippen LogP contribution in [0.5, 0.6) is 17.2 Å². The fraction of sp³-hybridized carbons (Fsp3) is 0.148. The number of aromatic amines is 1. The summed E-state index contributed by atoms with van der Waals surface area (Å²) in [6, 6.07) is 17.1. The van der Waals surface area contributed by atoms with Crippen molar-refractivity contribution in [3.63, 3.8) is 0 Å². The van der Waals surface area contributed by atoms with Gasteiger partial charge in [0.15, 0.2) is 16.7 Å². The highest BCUT2D eigenvalue weighted by Gasteiger charge is 2.31. The van der Waals surface area contributed by atoms with Crippen LogP contribution in [0.15, 0.2) is 76.7 Å². The molecule has 2 aromatic heterocycles. The molecule has 0 aliphatic rings. The average molecular weight is 571 g/mol. The molecule has 0 radical (unpaired) electrons. The number of H-pyrrole nitrogens is 1. The van der Waals surface area contributed by atoms with Gasteiger partial charge in [-0.1, -0.05) is 30.0 Å². The number of rotatable bonds is 8. The van der Waals surface area contributed by atoms with E-state index in [4.69, 9.17) is 14.5 Å². The number of nitrogens with one attached hydrogen (secondary N) is 2. The van der Waals surface area contributed by atoms with E-state index in [-0.39, 0.29) is 22.2 Å². The number of carbonyl (C=O) groups is 1. The number of nitrogens with zero attached hydrogens (tertiary/aromatic N) is 2. The fourth-order valence-electron chi connectivity index (χ4n) is 4.10. The van der Waals surface area contributed by atoms with E-state index < -0.39 is 18.0 Å². The first-order valence-corrected chi connectivity index (χ1v) is 12.7. The van der Waals surface area contributed by atoms with E-state index >= 15 is 0 Å². The molecule has 0 atom stereocenters. The van der Waals surface area contributed by atoms with Crippen molar-refractivity contribution in [1.82, 2.24) is 14.5 Å². The van der Waals surface area contributed by atoms with Crippen molar-refractivity contribution < 1.29 is 32.2 Å². The molecule has 0 spiro atoms. The molecule has 2 N–H and O–H groups in total. The van der Waals surface area contributed by atoms with Crippen molar-refractivity contribution in [2.45, 2.75) is 11.5 Å². The van der Waals surface area contributed by atoms with Crippen molar-refractivity contribution >= 4 is 45.3 Å². The molecule has 0 saturated heterocycles. The van der Waals surface area contributed by atoms with Crippen molar-refractivity contribution in [1.29, 1.82) is 0 Å². The highest BCUT2D eigenvalue weighted by atomic mass is 32.2. The van der Waals surface area contributed by atoms with Gasteiger partial charge in [-0.2, -0.15) is 0 Å². The van der Waals surface area contributed by atoms with Crippen LogP contribution in [0.4, 0.5) is 18.9 Å². The summed E-state index contributed by atoms with van der Waals surface area (Å²) in [6.45, 7) is 0. The van der Waals surface area contributed by atoms with E-state index in [1.807, 2.05) is 24.3 Å². The predicted octanol–water partition coefficient (Wildman–Crippen LogP) is 5.51. The summed E-state index contributed by atoms with van der Waals surface area (Å²) in [5, 5.41) is 3.62. The molecule has 0 unspecified atom stereocenters. The van der Waals surface area contributed by atoms with Gasteiger partial charge in [0.2, 0.25) is 5.91 Å². The van der Waals surface area contributed by atoms with Crippen molar-refractivity contribution in [3.05, 3.63) is 77.1 Å². The average Bonchev–Trinajstić information content (AvgIpc) is 3.31. The van der Waals surface area contributed by atoms with Gasteiger partial charge in [-0.15, -0.1) is 13.2 Å². The van der Waals surface area contributed by atoms with Crippen molar-refractivity contribution in [3.8, 4) is 22.9 Å². The zero-order chi connectivity index (χ0) is 28.4. The Balaban J connectivity index is 1.48. The number of aromatic nitrogens is 3. The molecule has 5 aromatic rings. The maximum absolute atomic E-state index is 13.8. The molecule has 0 aliphatic heterocycles. The molecule has 5 rings (SSSR count). The van der Waals surface area contributed by atoms with Crippen molar-refractivity contribution in [2.75, 3.05) is 25.3 Å². The minimum absolute atomic E-state index is 0.144. The van der Waals surface area contributed by atoms with E-state index in [0.29, 0.717) is 28.2 Å². The largest absolute Gasteiger partial charge is 0.573 e. The van der Waals surface area contributed by atoms with Gasteiger partial charge in [0, 0.05) is 22.7 Å². The normalized spacial score (nSPS) is 11.5. The van der Waals surface area contributed by atoms with Crippen LogP contribution < -0.4 is 25.1 Å². The highest BCUT2D eigenvalue weighted by Crippen LogP contribution is 2.32. The van der Waals surface area contributed by atoms with Crippen LogP contribution in [0, 0.1) is 0 Å². The molecular formula is C27H21F3N4O5S. The molecule has 2 heterocycles. The first kappa shape index (κ1) is 26.9. The third-order valence-electron chi connectivity index (χ3n) is 5.82. The molecule has 0 aliphatic carbocycles. The Labute approximate surface area is 228 Å². The smallest absolute Gasteiger partial charge is 0.493 e. The Morgan fingerprint density at radius 1 is 1.02 bits per heavy atom. The number of hydrogen-bond donors (Lipinski definition) is 2. The van der Waals surface area contributed by atoms with Gasteiger partial charge in [0.1, 0.15) is 16.8 Å². The molecule has 0 fully saturated rings. The quantitative estimate of drug-likeness (QED) is 0.187. The number of fused-ring (bicyclic) bond motifs is 3. The van der Waals surface area contributed by atoms with Gasteiger partial charge in [-0.25, -0.2) is 4.98 Å². The van der Waals surface area contributed by atoms with E-state index in [2.05, 4.69) is 15.0 Å². The zero-order valence-electron chi connectivity index (χ0n) is 21.0. The molecule has 40 heavy (non-hydrogen) atoms. The number of halogens is 3. The summed E-state index contributed by atoms with van der Waals surface area (Å²) in [5.74, 6) is -0.139. The number of anilines is 1. The standard InChI is InChI=1S/C27H21F3N4O5S/c1-37-20-12-9-16(13-21(20)38-2)34-25(36)24-23(18-5-3-4-6-19(18)32-24)33-26(34)40-14-22(35)31-15-7-10-17(11-8-15)39-27(28,29)30/h3-13,32H,14H2,1-2H3,(H,31,35). The number of ether oxygens (including phenoxy) is 3. The third kappa shape index (κ3) is 5.54. The van der Waals surface area contributed by atoms with Gasteiger partial charge in [-0.3, -0.25) is 14.2 Å². The SMILES string of the molecule is COc1ccc(-n2c(SCC(=O)Nc3ccc(OC(F)(F)F)cc3)nc3c([nH]c4ccccc43)c2=O)cc1OC. The lowest BCUT2D eigenvalue weighted by atomic mass is 10.2. The molecule has 0 bridgehead atoms. The van der Waals surface area contributed by atoms with Crippen LogP contribution in [0.3, 0.4) is 0 Å². The second-order valence-corrected chi connectivity index (χ2v) is 9.32. The monoisotopic (exact) mass is 570 g/mol. The summed E-state index contributed by atoms with van der Waals surface area (Å²) in [5.41, 5.74) is 1.83. The van der Waals surface area contributed by atoms with Gasteiger partial charge in [0.25, 0.3) is 5.56 Å². The number of hydrogen-bond acceptors (Lipinski definition) is 7. The number of benzene rings is 3. The van der Waals surface area contributed by atoms with E-state index in [9.17, 15) is 22.8 Å². The number of amides is 1. The molecule has 206 valence electrons. The lowest BCUT2D eigenvalue weighted by Gasteiger charge is -2.14. The summed E-state index contributed by atoms with van der Waals surface area (Å²) >= 11 is 1.03. The summed E-state index contributed by atoms with van der Waals surface area (Å²) in [4.78, 5) is 34.4. The molecule has 13 heteroatoms. The number of alkyl halides is 3. The zero-order valence-corrected chi connectivity index (χ0v) is 21.9. The Hall–Kier alpha value is -4.65. The second kappa shape index (κ2) is 10.8. The first-order chi connectivity index (χ1) is 19.2. The number of methoxy groups -OCH3 is 2. The van der Waals surface area contributed by atoms with Gasteiger partial charge in [0.05, 0.1) is 25.7 Å². The number of para-hydroxylation sites is 1. The van der Waals surface area contributed by atoms with Crippen LogP contribution >= 0.6 is 11.8 Å². The maximum Gasteiger partial charge on any atom is 0.573 e. The minimum Gasteiger partial charge on any atom is -0.493 e. The highest BCUT2D eigenvalue weighted by molar-refractivity contribution is 7.99. The van der Waals surface area contributed by atoms with Crippen LogP contribution in [0.1, 0.15) is 0 Å². The van der Waals surface area contributed by atoms with Gasteiger partial charge in [-0.05, 0) is 42.5 Å². The fourth-order valence-corrected chi connectivity index (χ4v) is 4.90. The molecular weight excluding hydrogens is 549 g/mol. The lowest BCUT2D eigenvalue weighted by molar-refractivity contribution is -0.274. The van der Waals surface area contributed by atoms with Gasteiger partial charge < -0.3 is 24.5 Å². The van der Waals surface area contributed by atoms with Crippen molar-refractivity contribution in [2.24, 2.45) is 0 Å². The molecule has 3 aromatic carbocycles. The number of carbonyl (C=O) groups excluding carboxylic acids is 1. The Kier molecular flexibility index (Phi) is 7.30. The third-order valence-corrected chi connectivity index (χ3v) is 6.76. The Morgan fingerprint density at radius 3 is 2.45 bits per heavy atom. The summed E-state index contributed by atoms with van der Waals surface area (Å²) in [7, 11) is 2.98. The van der Waals surface area contributed by atoms with Crippen LogP contribution in [-0.4, -0.2) is 46.8 Å². The van der Waals surface area contributed by atoms with E-state index in [1.54, 1.807) is 18.2 Å².